The smallest absolute Gasteiger partial charge is 0.313 e. The van der Waals surface area contributed by atoms with E-state index in [-0.39, 0.29) is 24.8 Å². The summed E-state index contributed by atoms with van der Waals surface area (Å²) in [6.07, 6.45) is 9.21. The molecule has 2 aromatic rings. The number of rotatable bonds is 9. The van der Waals surface area contributed by atoms with Crippen molar-refractivity contribution in [2.75, 3.05) is 19.7 Å². The molecule has 3 amide bonds. The molecule has 2 saturated heterocycles. The number of nitrogens with zero attached hydrogens (tertiary/aromatic N) is 2. The number of carbonyl (C=O) groups excluding carboxylic acids is 4. The number of allylic oxidation sites excluding steroid dienone is 1. The SMILES string of the molecule is CCCCCN1CC=C[C@]23O[C@@H]4/C=C\CCC(=O)N[C@H](C)[C@@H](c5ccccc5)OC(=O)[C@@H]4[C@H]2C(=O)N([C@@H](CO)Cc2ccccc2)[C@@H]3C1=O. The minimum atomic E-state index is -1.47. The largest absolute Gasteiger partial charge is 0.455 e. The number of ether oxygens (including phenoxy) is 2. The monoisotopic (exact) mass is 669 g/mol. The van der Waals surface area contributed by atoms with Crippen molar-refractivity contribution in [1.29, 1.82) is 0 Å². The number of aliphatic hydroxyl groups is 1. The molecule has 4 aliphatic rings. The van der Waals surface area contributed by atoms with E-state index in [0.717, 1.165) is 24.8 Å². The third-order valence-corrected chi connectivity index (χ3v) is 10.3. The van der Waals surface area contributed by atoms with Gasteiger partial charge in [-0.05, 0) is 37.3 Å². The lowest BCUT2D eigenvalue weighted by atomic mass is 9.77. The molecule has 10 heteroatoms. The fraction of sp³-hybridized carbons (Fsp3) is 0.487. The Bertz CT molecular complexity index is 1560. The molecular formula is C39H47N3O7. The quantitative estimate of drug-likeness (QED) is 0.236. The Kier molecular flexibility index (Phi) is 10.6. The van der Waals surface area contributed by atoms with Gasteiger partial charge in [-0.15, -0.1) is 0 Å². The van der Waals surface area contributed by atoms with Gasteiger partial charge in [-0.3, -0.25) is 19.2 Å². The minimum absolute atomic E-state index is 0.172. The van der Waals surface area contributed by atoms with Crippen molar-refractivity contribution in [3.05, 3.63) is 96.1 Å². The summed E-state index contributed by atoms with van der Waals surface area (Å²) in [5, 5.41) is 13.8. The number of aliphatic hydroxyl groups excluding tert-OH is 1. The van der Waals surface area contributed by atoms with Crippen molar-refractivity contribution < 1.29 is 33.8 Å². The number of nitrogens with one attached hydrogen (secondary N) is 1. The highest BCUT2D eigenvalue weighted by molar-refractivity contribution is 5.99. The van der Waals surface area contributed by atoms with Crippen LogP contribution >= 0.6 is 0 Å². The van der Waals surface area contributed by atoms with E-state index in [1.54, 1.807) is 24.0 Å². The van der Waals surface area contributed by atoms with Crippen molar-refractivity contribution in [3.8, 4) is 0 Å². The molecule has 260 valence electrons. The van der Waals surface area contributed by atoms with Crippen LogP contribution < -0.4 is 5.32 Å². The number of fused-ring (bicyclic) bond motifs is 2. The van der Waals surface area contributed by atoms with Crippen LogP contribution in [-0.2, 0) is 35.1 Å². The Hall–Kier alpha value is -4.28. The molecule has 2 fully saturated rings. The Morgan fingerprint density at radius 3 is 2.43 bits per heavy atom. The summed E-state index contributed by atoms with van der Waals surface area (Å²) in [5.41, 5.74) is 0.137. The number of benzene rings is 2. The molecule has 8 atom stereocenters. The summed E-state index contributed by atoms with van der Waals surface area (Å²) in [7, 11) is 0. The van der Waals surface area contributed by atoms with E-state index >= 15 is 0 Å². The van der Waals surface area contributed by atoms with Crippen LogP contribution in [0.3, 0.4) is 0 Å². The van der Waals surface area contributed by atoms with Crippen LogP contribution in [-0.4, -0.2) is 88.1 Å². The van der Waals surface area contributed by atoms with Gasteiger partial charge in [0, 0.05) is 19.5 Å². The second kappa shape index (κ2) is 15.1. The molecule has 0 unspecified atom stereocenters. The number of amides is 3. The first-order valence-electron chi connectivity index (χ1n) is 17.6. The summed E-state index contributed by atoms with van der Waals surface area (Å²) in [6.45, 7) is 4.39. The number of cyclic esters (lactones) is 1. The number of hydrogen-bond donors (Lipinski definition) is 2. The lowest BCUT2D eigenvalue weighted by Gasteiger charge is -2.38. The summed E-state index contributed by atoms with van der Waals surface area (Å²) >= 11 is 0. The lowest BCUT2D eigenvalue weighted by molar-refractivity contribution is -0.162. The van der Waals surface area contributed by atoms with Gasteiger partial charge in [0.05, 0.1) is 30.7 Å². The van der Waals surface area contributed by atoms with E-state index in [1.165, 1.54) is 4.90 Å². The molecule has 1 spiro atoms. The van der Waals surface area contributed by atoms with E-state index in [2.05, 4.69) is 12.2 Å². The van der Waals surface area contributed by atoms with Crippen molar-refractivity contribution in [2.24, 2.45) is 11.8 Å². The number of carbonyl (C=O) groups is 4. The van der Waals surface area contributed by atoms with Crippen LogP contribution in [0.25, 0.3) is 0 Å². The topological polar surface area (TPSA) is 125 Å². The summed E-state index contributed by atoms with van der Waals surface area (Å²) in [6, 6.07) is 16.4. The van der Waals surface area contributed by atoms with Crippen molar-refractivity contribution in [2.45, 2.75) is 88.3 Å². The average Bonchev–Trinajstić information content (AvgIpc) is 3.50. The maximum Gasteiger partial charge on any atom is 0.313 e. The van der Waals surface area contributed by atoms with Gasteiger partial charge in [0.25, 0.3) is 0 Å². The predicted molar refractivity (Wildman–Crippen MR) is 183 cm³/mol. The zero-order chi connectivity index (χ0) is 34.5. The van der Waals surface area contributed by atoms with Gasteiger partial charge < -0.3 is 29.7 Å². The van der Waals surface area contributed by atoms with Crippen LogP contribution in [0.2, 0.25) is 0 Å². The van der Waals surface area contributed by atoms with Crippen molar-refractivity contribution in [3.63, 3.8) is 0 Å². The average molecular weight is 670 g/mol. The molecule has 4 aliphatic heterocycles. The number of hydrogen-bond acceptors (Lipinski definition) is 7. The Labute approximate surface area is 288 Å². The molecule has 2 N–H and O–H groups in total. The molecule has 6 rings (SSSR count). The highest BCUT2D eigenvalue weighted by Gasteiger charge is 2.72. The molecule has 0 bridgehead atoms. The first-order valence-corrected chi connectivity index (χ1v) is 17.6. The Morgan fingerprint density at radius 1 is 0.980 bits per heavy atom. The molecular weight excluding hydrogens is 622 g/mol. The fourth-order valence-corrected chi connectivity index (χ4v) is 7.97. The van der Waals surface area contributed by atoms with Crippen LogP contribution in [0.5, 0.6) is 0 Å². The van der Waals surface area contributed by atoms with Crippen molar-refractivity contribution >= 4 is 23.7 Å². The molecule has 0 saturated carbocycles. The van der Waals surface area contributed by atoms with Gasteiger partial charge in [-0.2, -0.15) is 0 Å². The van der Waals surface area contributed by atoms with Gasteiger partial charge >= 0.3 is 5.97 Å². The second-order valence-corrected chi connectivity index (χ2v) is 13.6. The second-order valence-electron chi connectivity index (χ2n) is 13.6. The van der Waals surface area contributed by atoms with E-state index in [4.69, 9.17) is 9.47 Å². The molecule has 0 aromatic heterocycles. The van der Waals surface area contributed by atoms with Gasteiger partial charge in [0.15, 0.2) is 0 Å². The molecule has 0 aliphatic carbocycles. The predicted octanol–water partition coefficient (Wildman–Crippen LogP) is 3.90. The summed E-state index contributed by atoms with van der Waals surface area (Å²) in [5.74, 6) is -3.66. The van der Waals surface area contributed by atoms with E-state index in [1.807, 2.05) is 72.8 Å². The van der Waals surface area contributed by atoms with Crippen LogP contribution in [0.1, 0.15) is 63.2 Å². The zero-order valence-corrected chi connectivity index (χ0v) is 28.3. The van der Waals surface area contributed by atoms with Crippen LogP contribution in [0.15, 0.2) is 85.0 Å². The van der Waals surface area contributed by atoms with Gasteiger partial charge in [-0.25, -0.2) is 0 Å². The Balaban J connectivity index is 1.44. The first-order chi connectivity index (χ1) is 23.8. The Morgan fingerprint density at radius 2 is 1.71 bits per heavy atom. The first kappa shape index (κ1) is 34.6. The van der Waals surface area contributed by atoms with Gasteiger partial charge in [0.1, 0.15) is 23.7 Å². The van der Waals surface area contributed by atoms with Gasteiger partial charge in [0.2, 0.25) is 17.7 Å². The van der Waals surface area contributed by atoms with Crippen LogP contribution in [0.4, 0.5) is 0 Å². The number of likely N-dealkylation sites (tertiary alicyclic amines) is 1. The lowest BCUT2D eigenvalue weighted by Crippen LogP contribution is -2.58. The van der Waals surface area contributed by atoms with E-state index in [9.17, 15) is 24.3 Å². The molecule has 4 heterocycles. The number of unbranched alkanes of at least 4 members (excludes halogenated alkanes) is 2. The highest BCUT2D eigenvalue weighted by Crippen LogP contribution is 2.54. The molecule has 2 aromatic carbocycles. The van der Waals surface area contributed by atoms with E-state index < -0.39 is 59.6 Å². The molecule has 49 heavy (non-hydrogen) atoms. The highest BCUT2D eigenvalue weighted by atomic mass is 16.6. The number of esters is 1. The van der Waals surface area contributed by atoms with Crippen molar-refractivity contribution in [1.82, 2.24) is 15.1 Å². The summed E-state index contributed by atoms with van der Waals surface area (Å²) < 4.78 is 13.1. The molecule has 10 nitrogen and oxygen atoms in total. The normalized spacial score (nSPS) is 31.4. The minimum Gasteiger partial charge on any atom is -0.455 e. The summed E-state index contributed by atoms with van der Waals surface area (Å²) in [4.78, 5) is 60.2. The fourth-order valence-electron chi connectivity index (χ4n) is 7.97. The third-order valence-electron chi connectivity index (χ3n) is 10.3. The standard InChI is InChI=1S/C39H47N3O7/c1-3-4-13-22-41-23-14-21-39-33(36(45)42(35(39)37(41)46)29(25-43)24-27-15-7-5-8-16-27)32-30(49-39)19-11-12-20-31(44)40-26(2)34(48-38(32)47)28-17-9-6-10-18-28/h5-11,14-19,21,26,29-30,32-35,43H,3-4,12-13,20,22-25H2,1-2H3,(H,40,44)/b19-11-/t26-,29-,30-,32+,33+,34+,35-,39+/m1/s1. The zero-order valence-electron chi connectivity index (χ0n) is 28.3. The van der Waals surface area contributed by atoms with Gasteiger partial charge in [-0.1, -0.05) is 105 Å². The van der Waals surface area contributed by atoms with E-state index in [0.29, 0.717) is 31.5 Å². The maximum atomic E-state index is 14.9. The molecule has 0 radical (unpaired) electrons. The third kappa shape index (κ3) is 6.81. The maximum absolute atomic E-state index is 14.9. The van der Waals surface area contributed by atoms with Crippen LogP contribution in [0, 0.1) is 11.8 Å².